The Kier molecular flexibility index (Phi) is 7.14. The predicted molar refractivity (Wildman–Crippen MR) is 114 cm³/mol. The van der Waals surface area contributed by atoms with E-state index in [-0.39, 0.29) is 0 Å². The van der Waals surface area contributed by atoms with Crippen LogP contribution in [0.5, 0.6) is 5.75 Å². The number of rotatable bonds is 7. The molecule has 150 valence electrons. The van der Waals surface area contributed by atoms with Crippen molar-refractivity contribution in [3.8, 4) is 5.75 Å². The number of anilines is 1. The maximum atomic E-state index is 5.51. The van der Waals surface area contributed by atoms with Crippen LogP contribution in [0.1, 0.15) is 17.5 Å². The lowest BCUT2D eigenvalue weighted by molar-refractivity contribution is 0.184. The molecule has 2 aromatic carbocycles. The standard InChI is InChI=1S/C22H30N4O2/c1-23-22(24-14-17-8-4-5-9-18(17)16-27-2)25-19-12-13-26(15-19)20-10-6-7-11-21(20)28-3/h4-11,19H,12-16H2,1-3H3,(H2,23,24,25). The molecule has 1 unspecified atom stereocenters. The van der Waals surface area contributed by atoms with Crippen LogP contribution in [0, 0.1) is 0 Å². The lowest BCUT2D eigenvalue weighted by Gasteiger charge is -2.22. The first-order valence-electron chi connectivity index (χ1n) is 9.66. The van der Waals surface area contributed by atoms with Gasteiger partial charge in [0.15, 0.2) is 5.96 Å². The van der Waals surface area contributed by atoms with Crippen LogP contribution in [0.25, 0.3) is 0 Å². The van der Waals surface area contributed by atoms with E-state index < -0.39 is 0 Å². The van der Waals surface area contributed by atoms with Gasteiger partial charge in [-0.05, 0) is 29.7 Å². The summed E-state index contributed by atoms with van der Waals surface area (Å²) in [5, 5.41) is 6.98. The van der Waals surface area contributed by atoms with Gasteiger partial charge in [0, 0.05) is 39.8 Å². The van der Waals surface area contributed by atoms with E-state index in [0.717, 1.165) is 36.9 Å². The van der Waals surface area contributed by atoms with E-state index >= 15 is 0 Å². The van der Waals surface area contributed by atoms with Crippen LogP contribution in [-0.2, 0) is 17.9 Å². The molecule has 3 rings (SSSR count). The summed E-state index contributed by atoms with van der Waals surface area (Å²) in [6.07, 6.45) is 1.05. The molecule has 1 aliphatic heterocycles. The molecule has 6 nitrogen and oxygen atoms in total. The second-order valence-electron chi connectivity index (χ2n) is 6.88. The minimum atomic E-state index is 0.338. The minimum Gasteiger partial charge on any atom is -0.495 e. The molecule has 6 heteroatoms. The zero-order chi connectivity index (χ0) is 19.8. The van der Waals surface area contributed by atoms with Gasteiger partial charge in [0.2, 0.25) is 0 Å². The summed E-state index contributed by atoms with van der Waals surface area (Å²) in [5.74, 6) is 1.74. The van der Waals surface area contributed by atoms with Gasteiger partial charge in [0.05, 0.1) is 19.4 Å². The number of ether oxygens (including phenoxy) is 2. The Morgan fingerprint density at radius 3 is 2.61 bits per heavy atom. The van der Waals surface area contributed by atoms with Crippen LogP contribution in [0.15, 0.2) is 53.5 Å². The number of para-hydroxylation sites is 2. The molecule has 0 bridgehead atoms. The van der Waals surface area contributed by atoms with Crippen molar-refractivity contribution in [1.82, 2.24) is 10.6 Å². The van der Waals surface area contributed by atoms with Gasteiger partial charge in [-0.3, -0.25) is 4.99 Å². The first-order valence-corrected chi connectivity index (χ1v) is 9.66. The van der Waals surface area contributed by atoms with Crippen LogP contribution in [0.4, 0.5) is 5.69 Å². The molecule has 28 heavy (non-hydrogen) atoms. The van der Waals surface area contributed by atoms with Crippen molar-refractivity contribution in [2.24, 2.45) is 4.99 Å². The molecule has 1 fully saturated rings. The summed E-state index contributed by atoms with van der Waals surface area (Å²) < 4.78 is 10.8. The second kappa shape index (κ2) is 9.99. The van der Waals surface area contributed by atoms with Crippen molar-refractivity contribution < 1.29 is 9.47 Å². The van der Waals surface area contributed by atoms with Gasteiger partial charge in [-0.25, -0.2) is 0 Å². The number of nitrogens with zero attached hydrogens (tertiary/aromatic N) is 2. The maximum absolute atomic E-state index is 5.51. The molecular weight excluding hydrogens is 352 g/mol. The molecule has 1 heterocycles. The van der Waals surface area contributed by atoms with Gasteiger partial charge < -0.3 is 25.0 Å². The summed E-state index contributed by atoms with van der Waals surface area (Å²) >= 11 is 0. The zero-order valence-electron chi connectivity index (χ0n) is 16.9. The van der Waals surface area contributed by atoms with Crippen LogP contribution >= 0.6 is 0 Å². The highest BCUT2D eigenvalue weighted by Gasteiger charge is 2.25. The third kappa shape index (κ3) is 4.95. The quantitative estimate of drug-likeness (QED) is 0.570. The average Bonchev–Trinajstić information content (AvgIpc) is 3.20. The van der Waals surface area contributed by atoms with Gasteiger partial charge in [-0.15, -0.1) is 0 Å². The Hall–Kier alpha value is -2.73. The Morgan fingerprint density at radius 2 is 1.86 bits per heavy atom. The summed E-state index contributed by atoms with van der Waals surface area (Å²) in [5.41, 5.74) is 3.55. The first kappa shape index (κ1) is 20.0. The summed E-state index contributed by atoms with van der Waals surface area (Å²) in [6, 6.07) is 16.8. The molecule has 2 N–H and O–H groups in total. The number of nitrogens with one attached hydrogen (secondary N) is 2. The van der Waals surface area contributed by atoms with Crippen molar-refractivity contribution in [1.29, 1.82) is 0 Å². The Labute approximate surface area is 167 Å². The van der Waals surface area contributed by atoms with Gasteiger partial charge in [0.1, 0.15) is 5.75 Å². The largest absolute Gasteiger partial charge is 0.495 e. The van der Waals surface area contributed by atoms with Crippen LogP contribution in [0.3, 0.4) is 0 Å². The minimum absolute atomic E-state index is 0.338. The fourth-order valence-electron chi connectivity index (χ4n) is 3.58. The number of methoxy groups -OCH3 is 2. The molecule has 0 radical (unpaired) electrons. The van der Waals surface area contributed by atoms with Crippen molar-refractivity contribution >= 4 is 11.6 Å². The van der Waals surface area contributed by atoms with Crippen molar-refractivity contribution in [3.63, 3.8) is 0 Å². The number of benzene rings is 2. The van der Waals surface area contributed by atoms with E-state index in [1.165, 1.54) is 11.1 Å². The molecule has 0 spiro atoms. The van der Waals surface area contributed by atoms with Crippen LogP contribution in [-0.4, -0.2) is 46.4 Å². The highest BCUT2D eigenvalue weighted by molar-refractivity contribution is 5.80. The Morgan fingerprint density at radius 1 is 1.11 bits per heavy atom. The van der Waals surface area contributed by atoms with E-state index in [1.807, 2.05) is 25.2 Å². The summed E-state index contributed by atoms with van der Waals surface area (Å²) in [4.78, 5) is 6.75. The Bertz CT molecular complexity index is 794. The highest BCUT2D eigenvalue weighted by Crippen LogP contribution is 2.30. The van der Waals surface area contributed by atoms with E-state index in [9.17, 15) is 0 Å². The molecule has 0 amide bonds. The van der Waals surface area contributed by atoms with E-state index in [4.69, 9.17) is 9.47 Å². The van der Waals surface area contributed by atoms with Crippen molar-refractivity contribution in [2.75, 3.05) is 39.3 Å². The summed E-state index contributed by atoms with van der Waals surface area (Å²) in [7, 11) is 5.25. The smallest absolute Gasteiger partial charge is 0.191 e. The fourth-order valence-corrected chi connectivity index (χ4v) is 3.58. The second-order valence-corrected chi connectivity index (χ2v) is 6.88. The van der Waals surface area contributed by atoms with Crippen molar-refractivity contribution in [3.05, 3.63) is 59.7 Å². The van der Waals surface area contributed by atoms with Crippen LogP contribution in [0.2, 0.25) is 0 Å². The molecule has 1 saturated heterocycles. The predicted octanol–water partition coefficient (Wildman–Crippen LogP) is 2.79. The number of aliphatic imine (C=N–C) groups is 1. The monoisotopic (exact) mass is 382 g/mol. The van der Waals surface area contributed by atoms with E-state index in [2.05, 4.69) is 50.9 Å². The zero-order valence-corrected chi connectivity index (χ0v) is 16.9. The molecule has 1 atom stereocenters. The Balaban J connectivity index is 1.56. The number of guanidine groups is 1. The molecule has 1 aliphatic rings. The molecule has 0 aromatic heterocycles. The van der Waals surface area contributed by atoms with E-state index in [1.54, 1.807) is 14.2 Å². The first-order chi connectivity index (χ1) is 13.7. The van der Waals surface area contributed by atoms with Gasteiger partial charge in [0.25, 0.3) is 0 Å². The number of hydrogen-bond donors (Lipinski definition) is 2. The molecule has 0 aliphatic carbocycles. The molecule has 2 aromatic rings. The average molecular weight is 383 g/mol. The lowest BCUT2D eigenvalue weighted by Crippen LogP contribution is -2.44. The third-order valence-electron chi connectivity index (χ3n) is 5.04. The molecular formula is C22H30N4O2. The highest BCUT2D eigenvalue weighted by atomic mass is 16.5. The van der Waals surface area contributed by atoms with Gasteiger partial charge >= 0.3 is 0 Å². The van der Waals surface area contributed by atoms with Gasteiger partial charge in [-0.1, -0.05) is 36.4 Å². The normalized spacial score (nSPS) is 16.9. The number of hydrogen-bond acceptors (Lipinski definition) is 4. The van der Waals surface area contributed by atoms with E-state index in [0.29, 0.717) is 19.2 Å². The SMILES string of the molecule is CN=C(NCc1ccccc1COC)NC1CCN(c2ccccc2OC)C1. The van der Waals surface area contributed by atoms with Crippen molar-refractivity contribution in [2.45, 2.75) is 25.6 Å². The summed E-state index contributed by atoms with van der Waals surface area (Å²) in [6.45, 7) is 3.23. The fraction of sp³-hybridized carbons (Fsp3) is 0.409. The maximum Gasteiger partial charge on any atom is 0.191 e. The topological polar surface area (TPSA) is 58.1 Å². The van der Waals surface area contributed by atoms with Gasteiger partial charge in [-0.2, -0.15) is 0 Å². The lowest BCUT2D eigenvalue weighted by atomic mass is 10.1. The molecule has 0 saturated carbocycles. The third-order valence-corrected chi connectivity index (χ3v) is 5.04. The van der Waals surface area contributed by atoms with Crippen LogP contribution < -0.4 is 20.3 Å².